The smallest absolute Gasteiger partial charge is 0.0431 e. The van der Waals surface area contributed by atoms with E-state index >= 15 is 0 Å². The quantitative estimate of drug-likeness (QED) is 0.523. The second-order valence-electron chi connectivity index (χ2n) is 3.08. The number of unbranched alkanes of at least 4 members (excludes halogenated alkanes) is 7. The highest BCUT2D eigenvalue weighted by atomic mass is 16.3. The minimum Gasteiger partial charge on any atom is -0.396 e. The van der Waals surface area contributed by atoms with Crippen molar-refractivity contribution in [2.75, 3.05) is 13.2 Å². The van der Waals surface area contributed by atoms with Crippen LogP contribution < -0.4 is 0 Å². The largest absolute Gasteiger partial charge is 0.396 e. The molecule has 0 rings (SSSR count). The third-order valence-electron chi connectivity index (χ3n) is 1.88. The molecule has 0 spiro atoms. The summed E-state index contributed by atoms with van der Waals surface area (Å²) in [4.78, 5) is 0. The maximum Gasteiger partial charge on any atom is 0.0431 e. The number of hydrogen-bond acceptors (Lipinski definition) is 2. The summed E-state index contributed by atoms with van der Waals surface area (Å²) >= 11 is 0. The van der Waals surface area contributed by atoms with Crippen LogP contribution in [0, 0.1) is 6.42 Å². The Kier molecular flexibility index (Phi) is 10.8. The van der Waals surface area contributed by atoms with E-state index in [1.807, 2.05) is 0 Å². The molecule has 2 N–H and O–H groups in total. The maximum atomic E-state index is 8.50. The normalized spacial score (nSPS) is 10.5. The number of aliphatic hydroxyl groups excluding tert-OH is 2. The van der Waals surface area contributed by atoms with E-state index in [1.165, 1.54) is 6.42 Å². The molecular weight excluding hydrogens is 152 g/mol. The van der Waals surface area contributed by atoms with Crippen molar-refractivity contribution in [3.8, 4) is 0 Å². The van der Waals surface area contributed by atoms with Gasteiger partial charge in [0.2, 0.25) is 0 Å². The summed E-state index contributed by atoms with van der Waals surface area (Å²) in [5.41, 5.74) is 0. The van der Waals surface area contributed by atoms with Crippen molar-refractivity contribution in [1.82, 2.24) is 0 Å². The van der Waals surface area contributed by atoms with Crippen LogP contribution in [0.2, 0.25) is 0 Å². The van der Waals surface area contributed by atoms with Gasteiger partial charge in [-0.05, 0) is 19.3 Å². The van der Waals surface area contributed by atoms with Crippen LogP contribution in [-0.2, 0) is 0 Å². The minimum absolute atomic E-state index is 0.318. The third kappa shape index (κ3) is 9.92. The van der Waals surface area contributed by atoms with Gasteiger partial charge in [0.25, 0.3) is 0 Å². The van der Waals surface area contributed by atoms with Crippen LogP contribution in [0.1, 0.15) is 44.9 Å². The fraction of sp³-hybridized carbons (Fsp3) is 0.900. The van der Waals surface area contributed by atoms with Gasteiger partial charge in [-0.15, -0.1) is 0 Å². The van der Waals surface area contributed by atoms with Crippen LogP contribution in [0.25, 0.3) is 0 Å². The van der Waals surface area contributed by atoms with E-state index in [0.717, 1.165) is 38.5 Å². The second kappa shape index (κ2) is 10.9. The molecule has 2 nitrogen and oxygen atoms in total. The Bertz CT molecular complexity index is 64.2. The third-order valence-corrected chi connectivity index (χ3v) is 1.88. The highest BCUT2D eigenvalue weighted by Crippen LogP contribution is 2.06. The summed E-state index contributed by atoms with van der Waals surface area (Å²) in [6.45, 7) is 0.642. The van der Waals surface area contributed by atoms with E-state index in [0.29, 0.717) is 13.2 Å². The van der Waals surface area contributed by atoms with E-state index in [2.05, 4.69) is 6.42 Å². The molecule has 0 atom stereocenters. The molecule has 0 unspecified atom stereocenters. The van der Waals surface area contributed by atoms with Crippen LogP contribution in [0.4, 0.5) is 0 Å². The van der Waals surface area contributed by atoms with Crippen molar-refractivity contribution in [1.29, 1.82) is 0 Å². The van der Waals surface area contributed by atoms with E-state index < -0.39 is 0 Å². The first-order chi connectivity index (χ1) is 5.91. The van der Waals surface area contributed by atoms with Crippen LogP contribution in [0.15, 0.2) is 0 Å². The van der Waals surface area contributed by atoms with Crippen LogP contribution in [0.3, 0.4) is 0 Å². The first kappa shape index (κ1) is 11.9. The zero-order chi connectivity index (χ0) is 9.07. The molecule has 0 aliphatic carbocycles. The second-order valence-corrected chi connectivity index (χ2v) is 3.08. The van der Waals surface area contributed by atoms with Crippen molar-refractivity contribution in [2.45, 2.75) is 44.9 Å². The molecule has 0 aromatic heterocycles. The van der Waals surface area contributed by atoms with Gasteiger partial charge >= 0.3 is 0 Å². The predicted octanol–water partition coefficient (Wildman–Crippen LogP) is 1.91. The van der Waals surface area contributed by atoms with Gasteiger partial charge in [-0.3, -0.25) is 0 Å². The molecule has 0 bridgehead atoms. The molecule has 2 heteroatoms. The first-order valence-corrected chi connectivity index (χ1v) is 4.95. The number of aliphatic hydroxyl groups is 2. The first-order valence-electron chi connectivity index (χ1n) is 4.95. The lowest BCUT2D eigenvalue weighted by Crippen LogP contribution is -1.86. The van der Waals surface area contributed by atoms with Gasteiger partial charge < -0.3 is 10.2 Å². The highest BCUT2D eigenvalue weighted by Gasteiger charge is 1.90. The van der Waals surface area contributed by atoms with Gasteiger partial charge in [-0.2, -0.15) is 0 Å². The molecule has 73 valence electrons. The summed E-state index contributed by atoms with van der Waals surface area (Å²) in [6, 6.07) is 0. The van der Waals surface area contributed by atoms with Gasteiger partial charge in [0.15, 0.2) is 0 Å². The average Bonchev–Trinajstić information content (AvgIpc) is 2.10. The molecule has 0 saturated carbocycles. The van der Waals surface area contributed by atoms with Crippen LogP contribution in [0.5, 0.6) is 0 Å². The lowest BCUT2D eigenvalue weighted by atomic mass is 10.1. The fourth-order valence-electron chi connectivity index (χ4n) is 1.12. The van der Waals surface area contributed by atoms with Crippen molar-refractivity contribution < 1.29 is 10.2 Å². The Morgan fingerprint density at radius 2 is 1.17 bits per heavy atom. The van der Waals surface area contributed by atoms with Gasteiger partial charge in [-0.25, -0.2) is 0 Å². The molecule has 0 fully saturated rings. The number of rotatable bonds is 9. The minimum atomic E-state index is 0.318. The van der Waals surface area contributed by atoms with E-state index in [4.69, 9.17) is 10.2 Å². The summed E-state index contributed by atoms with van der Waals surface area (Å²) in [7, 11) is 0. The predicted molar refractivity (Wildman–Crippen MR) is 50.8 cm³/mol. The lowest BCUT2D eigenvalue weighted by molar-refractivity contribution is 0.281. The van der Waals surface area contributed by atoms with Crippen molar-refractivity contribution in [3.63, 3.8) is 0 Å². The van der Waals surface area contributed by atoms with E-state index in [-0.39, 0.29) is 0 Å². The fourth-order valence-corrected chi connectivity index (χ4v) is 1.12. The Morgan fingerprint density at radius 1 is 0.667 bits per heavy atom. The van der Waals surface area contributed by atoms with Gasteiger partial charge in [0, 0.05) is 13.2 Å². The summed E-state index contributed by atoms with van der Waals surface area (Å²) in [5.74, 6) is 0. The molecule has 12 heavy (non-hydrogen) atoms. The molecule has 0 amide bonds. The average molecular weight is 173 g/mol. The molecule has 0 aromatic rings. The molecule has 0 heterocycles. The Hall–Kier alpha value is -0.0800. The van der Waals surface area contributed by atoms with Crippen molar-refractivity contribution >= 4 is 0 Å². The summed E-state index contributed by atoms with van der Waals surface area (Å²) in [6.07, 6.45) is 9.86. The SMILES string of the molecule is OCCCC[CH]CCCCCO. The molecule has 0 aromatic carbocycles. The summed E-state index contributed by atoms with van der Waals surface area (Å²) < 4.78 is 0. The molecule has 0 aliphatic rings. The van der Waals surface area contributed by atoms with E-state index in [9.17, 15) is 0 Å². The topological polar surface area (TPSA) is 40.5 Å². The van der Waals surface area contributed by atoms with Gasteiger partial charge in [-0.1, -0.05) is 32.1 Å². The number of hydrogen-bond donors (Lipinski definition) is 2. The van der Waals surface area contributed by atoms with Gasteiger partial charge in [0.1, 0.15) is 0 Å². The standard InChI is InChI=1S/C10H21O2/c11-9-7-5-3-1-2-4-6-8-10-12/h1,11-12H,2-10H2. The van der Waals surface area contributed by atoms with Crippen molar-refractivity contribution in [2.24, 2.45) is 0 Å². The molecule has 0 aliphatic heterocycles. The Labute approximate surface area is 75.6 Å². The zero-order valence-electron chi connectivity index (χ0n) is 7.84. The van der Waals surface area contributed by atoms with Crippen molar-refractivity contribution in [3.05, 3.63) is 6.42 Å². The highest BCUT2D eigenvalue weighted by molar-refractivity contribution is 4.64. The van der Waals surface area contributed by atoms with Crippen LogP contribution >= 0.6 is 0 Å². The summed E-state index contributed by atoms with van der Waals surface area (Å²) in [5, 5.41) is 17.0. The molecular formula is C10H21O2. The van der Waals surface area contributed by atoms with E-state index in [1.54, 1.807) is 0 Å². The zero-order valence-corrected chi connectivity index (χ0v) is 7.84. The van der Waals surface area contributed by atoms with Gasteiger partial charge in [0.05, 0.1) is 0 Å². The maximum absolute atomic E-state index is 8.50. The lowest BCUT2D eigenvalue weighted by Gasteiger charge is -1.99. The Balaban J connectivity index is 2.73. The Morgan fingerprint density at radius 3 is 1.75 bits per heavy atom. The molecule has 0 saturated heterocycles. The molecule has 1 radical (unpaired) electrons. The van der Waals surface area contributed by atoms with Crippen LogP contribution in [-0.4, -0.2) is 23.4 Å². The monoisotopic (exact) mass is 173 g/mol.